The summed E-state index contributed by atoms with van der Waals surface area (Å²) in [6.07, 6.45) is 2.92. The van der Waals surface area contributed by atoms with Crippen molar-refractivity contribution in [2.75, 3.05) is 25.0 Å². The number of ether oxygens (including phenoxy) is 1. The van der Waals surface area contributed by atoms with E-state index in [1.54, 1.807) is 4.90 Å². The van der Waals surface area contributed by atoms with Gasteiger partial charge < -0.3 is 15.0 Å². The summed E-state index contributed by atoms with van der Waals surface area (Å²) in [6, 6.07) is 0.0539. The van der Waals surface area contributed by atoms with Crippen LogP contribution in [0.15, 0.2) is 0 Å². The normalized spacial score (nSPS) is 19.0. The molecule has 1 atom stereocenters. The Morgan fingerprint density at radius 1 is 1.45 bits per heavy atom. The van der Waals surface area contributed by atoms with E-state index >= 15 is 0 Å². The standard InChI is InChI=1S/C14H25BrN2O3/c1-11(2)10-20-14(19)17-8-4-5-12(9-17)16-13(18)6-3-7-15/h11-12H,3-10H2,1-2H3,(H,16,18). The van der Waals surface area contributed by atoms with Crippen molar-refractivity contribution in [3.63, 3.8) is 0 Å². The number of piperidine rings is 1. The van der Waals surface area contributed by atoms with Gasteiger partial charge in [-0.15, -0.1) is 0 Å². The molecular formula is C14H25BrN2O3. The van der Waals surface area contributed by atoms with Crippen molar-refractivity contribution in [3.05, 3.63) is 0 Å². The Kier molecular flexibility index (Phi) is 7.95. The fourth-order valence-electron chi connectivity index (χ4n) is 2.12. The number of carbonyl (C=O) groups excluding carboxylic acids is 2. The summed E-state index contributed by atoms with van der Waals surface area (Å²) in [4.78, 5) is 25.3. The van der Waals surface area contributed by atoms with E-state index in [9.17, 15) is 9.59 Å². The van der Waals surface area contributed by atoms with Gasteiger partial charge in [-0.2, -0.15) is 0 Å². The molecule has 0 aliphatic carbocycles. The lowest BCUT2D eigenvalue weighted by Gasteiger charge is -2.32. The molecule has 1 heterocycles. The number of likely N-dealkylation sites (tertiary alicyclic amines) is 1. The van der Waals surface area contributed by atoms with Crippen molar-refractivity contribution in [1.82, 2.24) is 10.2 Å². The van der Waals surface area contributed by atoms with Gasteiger partial charge in [0.25, 0.3) is 0 Å². The van der Waals surface area contributed by atoms with Gasteiger partial charge >= 0.3 is 6.09 Å². The molecule has 0 bridgehead atoms. The first-order chi connectivity index (χ1) is 9.52. The molecule has 2 amide bonds. The van der Waals surface area contributed by atoms with E-state index in [-0.39, 0.29) is 18.0 Å². The molecule has 0 aromatic carbocycles. The van der Waals surface area contributed by atoms with Crippen molar-refractivity contribution in [2.24, 2.45) is 5.92 Å². The number of halogens is 1. The van der Waals surface area contributed by atoms with Crippen LogP contribution in [0.1, 0.15) is 39.5 Å². The number of hydrogen-bond acceptors (Lipinski definition) is 3. The molecule has 0 aromatic rings. The SMILES string of the molecule is CC(C)COC(=O)N1CCCC(NC(=O)CCCBr)C1. The molecule has 0 saturated carbocycles. The van der Waals surface area contributed by atoms with E-state index in [1.807, 2.05) is 13.8 Å². The van der Waals surface area contributed by atoms with E-state index in [1.165, 1.54) is 0 Å². The summed E-state index contributed by atoms with van der Waals surface area (Å²) in [6.45, 7) is 5.73. The van der Waals surface area contributed by atoms with Gasteiger partial charge in [0.2, 0.25) is 5.91 Å². The van der Waals surface area contributed by atoms with Crippen LogP contribution in [0.25, 0.3) is 0 Å². The Hall–Kier alpha value is -0.780. The first-order valence-corrected chi connectivity index (χ1v) is 8.42. The van der Waals surface area contributed by atoms with Crippen molar-refractivity contribution in [1.29, 1.82) is 0 Å². The highest BCUT2D eigenvalue weighted by molar-refractivity contribution is 9.09. The van der Waals surface area contributed by atoms with Crippen LogP contribution in [0.3, 0.4) is 0 Å². The lowest BCUT2D eigenvalue weighted by molar-refractivity contribution is -0.122. The monoisotopic (exact) mass is 348 g/mol. The number of hydrogen-bond donors (Lipinski definition) is 1. The topological polar surface area (TPSA) is 58.6 Å². The number of alkyl halides is 1. The smallest absolute Gasteiger partial charge is 0.409 e. The Labute approximate surface area is 129 Å². The minimum Gasteiger partial charge on any atom is -0.449 e. The van der Waals surface area contributed by atoms with Crippen molar-refractivity contribution in [2.45, 2.75) is 45.6 Å². The average Bonchev–Trinajstić information content (AvgIpc) is 2.42. The van der Waals surface area contributed by atoms with Crippen LogP contribution in [0, 0.1) is 5.92 Å². The predicted molar refractivity (Wildman–Crippen MR) is 82.0 cm³/mol. The van der Waals surface area contributed by atoms with Gasteiger partial charge in [-0.3, -0.25) is 4.79 Å². The summed E-state index contributed by atoms with van der Waals surface area (Å²) in [5, 5.41) is 3.83. The molecule has 116 valence electrons. The van der Waals surface area contributed by atoms with E-state index in [0.717, 1.165) is 24.6 Å². The second kappa shape index (κ2) is 9.21. The number of nitrogens with one attached hydrogen (secondary N) is 1. The van der Waals surface area contributed by atoms with Crippen molar-refractivity contribution in [3.8, 4) is 0 Å². The fourth-order valence-corrected chi connectivity index (χ4v) is 2.40. The van der Waals surface area contributed by atoms with Gasteiger partial charge in [-0.05, 0) is 25.2 Å². The van der Waals surface area contributed by atoms with Gasteiger partial charge in [-0.1, -0.05) is 29.8 Å². The second-order valence-corrected chi connectivity index (χ2v) is 6.41. The van der Waals surface area contributed by atoms with Gasteiger partial charge in [0, 0.05) is 30.9 Å². The molecule has 0 aromatic heterocycles. The summed E-state index contributed by atoms with van der Waals surface area (Å²) in [7, 11) is 0. The van der Waals surface area contributed by atoms with Crippen LogP contribution in [0.4, 0.5) is 4.79 Å². The fraction of sp³-hybridized carbons (Fsp3) is 0.857. The second-order valence-electron chi connectivity index (χ2n) is 5.62. The molecular weight excluding hydrogens is 324 g/mol. The third-order valence-electron chi connectivity index (χ3n) is 3.12. The molecule has 6 heteroatoms. The zero-order valence-electron chi connectivity index (χ0n) is 12.4. The largest absolute Gasteiger partial charge is 0.449 e. The van der Waals surface area contributed by atoms with Gasteiger partial charge in [-0.25, -0.2) is 4.79 Å². The number of amides is 2. The van der Waals surface area contributed by atoms with E-state index < -0.39 is 0 Å². The van der Waals surface area contributed by atoms with Crippen LogP contribution < -0.4 is 5.32 Å². The number of carbonyl (C=O) groups is 2. The molecule has 0 spiro atoms. The molecule has 1 aliphatic rings. The predicted octanol–water partition coefficient (Wildman–Crippen LogP) is 2.53. The van der Waals surface area contributed by atoms with Gasteiger partial charge in [0.05, 0.1) is 6.61 Å². The summed E-state index contributed by atoms with van der Waals surface area (Å²) < 4.78 is 5.23. The lowest BCUT2D eigenvalue weighted by atomic mass is 10.1. The molecule has 1 N–H and O–H groups in total. The third kappa shape index (κ3) is 6.59. The highest BCUT2D eigenvalue weighted by Crippen LogP contribution is 2.12. The summed E-state index contributed by atoms with van der Waals surface area (Å²) in [5.41, 5.74) is 0. The third-order valence-corrected chi connectivity index (χ3v) is 3.68. The Bertz CT molecular complexity index is 324. The highest BCUT2D eigenvalue weighted by atomic mass is 79.9. The van der Waals surface area contributed by atoms with Crippen molar-refractivity contribution < 1.29 is 14.3 Å². The van der Waals surface area contributed by atoms with Crippen LogP contribution in [-0.4, -0.2) is 48.0 Å². The minimum atomic E-state index is -0.266. The molecule has 0 radical (unpaired) electrons. The lowest BCUT2D eigenvalue weighted by Crippen LogP contribution is -2.49. The van der Waals surface area contributed by atoms with E-state index in [4.69, 9.17) is 4.74 Å². The van der Waals surface area contributed by atoms with E-state index in [2.05, 4.69) is 21.2 Å². The molecule has 1 fully saturated rings. The first-order valence-electron chi connectivity index (χ1n) is 7.30. The molecule has 1 saturated heterocycles. The average molecular weight is 349 g/mol. The van der Waals surface area contributed by atoms with Crippen LogP contribution in [-0.2, 0) is 9.53 Å². The van der Waals surface area contributed by atoms with Crippen LogP contribution in [0.5, 0.6) is 0 Å². The minimum absolute atomic E-state index is 0.0539. The number of rotatable bonds is 6. The summed E-state index contributed by atoms with van der Waals surface area (Å²) in [5.74, 6) is 0.398. The molecule has 1 aliphatic heterocycles. The maximum atomic E-state index is 11.9. The van der Waals surface area contributed by atoms with Gasteiger partial charge in [0.15, 0.2) is 0 Å². The van der Waals surface area contributed by atoms with Crippen LogP contribution in [0.2, 0.25) is 0 Å². The van der Waals surface area contributed by atoms with Crippen molar-refractivity contribution >= 4 is 27.9 Å². The molecule has 1 rings (SSSR count). The Morgan fingerprint density at radius 2 is 2.20 bits per heavy atom. The Morgan fingerprint density at radius 3 is 2.85 bits per heavy atom. The van der Waals surface area contributed by atoms with E-state index in [0.29, 0.717) is 32.0 Å². The summed E-state index contributed by atoms with van der Waals surface area (Å²) >= 11 is 3.31. The zero-order valence-corrected chi connectivity index (χ0v) is 13.9. The highest BCUT2D eigenvalue weighted by Gasteiger charge is 2.25. The maximum Gasteiger partial charge on any atom is 0.409 e. The molecule has 5 nitrogen and oxygen atoms in total. The zero-order chi connectivity index (χ0) is 15.0. The van der Waals surface area contributed by atoms with Crippen LogP contribution >= 0.6 is 15.9 Å². The first kappa shape index (κ1) is 17.3. The van der Waals surface area contributed by atoms with Gasteiger partial charge in [0.1, 0.15) is 0 Å². The maximum absolute atomic E-state index is 11.9. The number of nitrogens with zero attached hydrogens (tertiary/aromatic N) is 1. The Balaban J connectivity index is 2.34. The molecule has 1 unspecified atom stereocenters. The molecule has 20 heavy (non-hydrogen) atoms. The quantitative estimate of drug-likeness (QED) is 0.750.